The molecule has 0 spiro atoms. The summed E-state index contributed by atoms with van der Waals surface area (Å²) >= 11 is 0. The Morgan fingerprint density at radius 3 is 2.61 bits per heavy atom. The van der Waals surface area contributed by atoms with Crippen LogP contribution in [-0.4, -0.2) is 57.8 Å². The van der Waals surface area contributed by atoms with Gasteiger partial charge in [0.1, 0.15) is 6.61 Å². The van der Waals surface area contributed by atoms with Gasteiger partial charge in [0.05, 0.1) is 18.0 Å². The molecule has 1 aliphatic rings. The number of hydrogen-bond acceptors (Lipinski definition) is 4. The van der Waals surface area contributed by atoms with Gasteiger partial charge in [-0.1, -0.05) is 18.2 Å². The van der Waals surface area contributed by atoms with Crippen LogP contribution in [0.3, 0.4) is 0 Å². The van der Waals surface area contributed by atoms with Crippen molar-refractivity contribution in [3.05, 3.63) is 42.2 Å². The van der Waals surface area contributed by atoms with Crippen LogP contribution < -0.4 is 0 Å². The fraction of sp³-hybridized carbons (Fsp3) is 0.357. The van der Waals surface area contributed by atoms with Gasteiger partial charge in [-0.2, -0.15) is 23.1 Å². The molecule has 0 aliphatic carbocycles. The zero-order chi connectivity index (χ0) is 16.4. The highest BCUT2D eigenvalue weighted by Gasteiger charge is 2.36. The fourth-order valence-electron chi connectivity index (χ4n) is 2.13. The predicted octanol–water partition coefficient (Wildman–Crippen LogP) is 1.67. The molecule has 1 amide bonds. The Hall–Kier alpha value is -2.42. The maximum absolute atomic E-state index is 12.2. The molecule has 6 nitrogen and oxygen atoms in total. The maximum Gasteiger partial charge on any atom is 0.411 e. The van der Waals surface area contributed by atoms with Crippen molar-refractivity contribution in [1.82, 2.24) is 19.9 Å². The van der Waals surface area contributed by atoms with E-state index in [0.29, 0.717) is 5.69 Å². The summed E-state index contributed by atoms with van der Waals surface area (Å²) in [5.74, 6) is -0.376. The molecule has 9 heteroatoms. The second kappa shape index (κ2) is 5.99. The first-order chi connectivity index (χ1) is 10.9. The monoisotopic (exact) mass is 326 g/mol. The van der Waals surface area contributed by atoms with E-state index in [0.717, 1.165) is 0 Å². The van der Waals surface area contributed by atoms with Gasteiger partial charge in [-0.3, -0.25) is 4.79 Å². The minimum Gasteiger partial charge on any atom is -0.365 e. The van der Waals surface area contributed by atoms with Crippen molar-refractivity contribution in [2.45, 2.75) is 12.3 Å². The molecule has 0 N–H and O–H groups in total. The number of ether oxygens (including phenoxy) is 1. The summed E-state index contributed by atoms with van der Waals surface area (Å²) in [6.07, 6.45) is -3.62. The third kappa shape index (κ3) is 3.67. The van der Waals surface area contributed by atoms with Crippen LogP contribution >= 0.6 is 0 Å². The fourth-order valence-corrected chi connectivity index (χ4v) is 2.13. The predicted molar refractivity (Wildman–Crippen MR) is 73.1 cm³/mol. The number of aromatic nitrogens is 3. The van der Waals surface area contributed by atoms with Crippen LogP contribution in [0.4, 0.5) is 13.2 Å². The molecule has 1 aromatic heterocycles. The summed E-state index contributed by atoms with van der Waals surface area (Å²) < 4.78 is 40.8. The van der Waals surface area contributed by atoms with E-state index in [9.17, 15) is 18.0 Å². The summed E-state index contributed by atoms with van der Waals surface area (Å²) in [5, 5.41) is 8.10. The lowest BCUT2D eigenvalue weighted by atomic mass is 10.1. The van der Waals surface area contributed by atoms with E-state index in [-0.39, 0.29) is 24.7 Å². The van der Waals surface area contributed by atoms with Gasteiger partial charge in [-0.05, 0) is 12.1 Å². The molecule has 0 radical (unpaired) electrons. The minimum absolute atomic E-state index is 0.118. The number of carbonyl (C=O) groups excluding carboxylic acids is 1. The van der Waals surface area contributed by atoms with Crippen LogP contribution in [0.1, 0.15) is 10.5 Å². The van der Waals surface area contributed by atoms with Crippen molar-refractivity contribution in [2.75, 3.05) is 19.7 Å². The van der Waals surface area contributed by atoms with Crippen molar-refractivity contribution >= 4 is 5.91 Å². The molecule has 1 aromatic carbocycles. The van der Waals surface area contributed by atoms with Crippen molar-refractivity contribution in [2.24, 2.45) is 0 Å². The van der Waals surface area contributed by atoms with E-state index in [1.54, 1.807) is 12.1 Å². The molecule has 1 fully saturated rings. The second-order valence-electron chi connectivity index (χ2n) is 5.11. The van der Waals surface area contributed by atoms with E-state index >= 15 is 0 Å². The van der Waals surface area contributed by atoms with Crippen LogP contribution in [0.2, 0.25) is 0 Å². The largest absolute Gasteiger partial charge is 0.411 e. The zero-order valence-corrected chi connectivity index (χ0v) is 11.9. The smallest absolute Gasteiger partial charge is 0.365 e. The van der Waals surface area contributed by atoms with Gasteiger partial charge in [0, 0.05) is 13.1 Å². The van der Waals surface area contributed by atoms with Gasteiger partial charge in [-0.25, -0.2) is 0 Å². The number of halogens is 3. The Morgan fingerprint density at radius 1 is 1.26 bits per heavy atom. The summed E-state index contributed by atoms with van der Waals surface area (Å²) in [5.41, 5.74) is 0.852. The normalized spacial score (nSPS) is 15.5. The Labute approximate surface area is 129 Å². The molecule has 2 heterocycles. The Morgan fingerprint density at radius 2 is 1.96 bits per heavy atom. The number of benzene rings is 1. The molecule has 0 unspecified atom stereocenters. The van der Waals surface area contributed by atoms with Gasteiger partial charge in [0.2, 0.25) is 0 Å². The molecule has 2 aromatic rings. The topological polar surface area (TPSA) is 60.2 Å². The van der Waals surface area contributed by atoms with Crippen molar-refractivity contribution < 1.29 is 22.7 Å². The average molecular weight is 326 g/mol. The Bertz CT molecular complexity index is 681. The number of likely N-dealkylation sites (tertiary alicyclic amines) is 1. The van der Waals surface area contributed by atoms with Gasteiger partial charge >= 0.3 is 6.18 Å². The Kier molecular flexibility index (Phi) is 4.03. The summed E-state index contributed by atoms with van der Waals surface area (Å²) in [4.78, 5) is 14.9. The summed E-state index contributed by atoms with van der Waals surface area (Å²) in [6.45, 7) is -1.07. The molecule has 0 atom stereocenters. The number of carbonyl (C=O) groups is 1. The standard InChI is InChI=1S/C14H13F3N4O2/c15-14(16,17)9-23-11-7-20(8-11)13(22)12-6-18-21(19-12)10-4-2-1-3-5-10/h1-6,11H,7-9H2. The third-order valence-corrected chi connectivity index (χ3v) is 3.32. The second-order valence-corrected chi connectivity index (χ2v) is 5.11. The van der Waals surface area contributed by atoms with Crippen LogP contribution in [0.5, 0.6) is 0 Å². The summed E-state index contributed by atoms with van der Waals surface area (Å²) in [7, 11) is 0. The first kappa shape index (κ1) is 15.5. The Balaban J connectivity index is 1.55. The first-order valence-corrected chi connectivity index (χ1v) is 6.88. The zero-order valence-electron chi connectivity index (χ0n) is 11.9. The third-order valence-electron chi connectivity index (χ3n) is 3.32. The van der Waals surface area contributed by atoms with Gasteiger partial charge < -0.3 is 9.64 Å². The van der Waals surface area contributed by atoms with Gasteiger partial charge in [-0.15, -0.1) is 5.10 Å². The van der Waals surface area contributed by atoms with Crippen molar-refractivity contribution in [1.29, 1.82) is 0 Å². The number of hydrogen-bond donors (Lipinski definition) is 0. The molecule has 0 bridgehead atoms. The molecule has 122 valence electrons. The van der Waals surface area contributed by atoms with Crippen molar-refractivity contribution in [3.63, 3.8) is 0 Å². The number of alkyl halides is 3. The SMILES string of the molecule is O=C(c1cnn(-c2ccccc2)n1)N1CC(OCC(F)(F)F)C1. The highest BCUT2D eigenvalue weighted by atomic mass is 19.4. The minimum atomic E-state index is -4.36. The van der Waals surface area contributed by atoms with Crippen LogP contribution in [0.25, 0.3) is 5.69 Å². The van der Waals surface area contributed by atoms with E-state index in [4.69, 9.17) is 0 Å². The highest BCUT2D eigenvalue weighted by Crippen LogP contribution is 2.20. The quantitative estimate of drug-likeness (QED) is 0.857. The molecule has 1 aliphatic heterocycles. The lowest BCUT2D eigenvalue weighted by Gasteiger charge is -2.38. The molecule has 3 rings (SSSR count). The lowest BCUT2D eigenvalue weighted by molar-refractivity contribution is -0.196. The van der Waals surface area contributed by atoms with E-state index in [1.807, 2.05) is 18.2 Å². The molecule has 0 saturated carbocycles. The highest BCUT2D eigenvalue weighted by molar-refractivity contribution is 5.92. The van der Waals surface area contributed by atoms with Crippen molar-refractivity contribution in [3.8, 4) is 5.69 Å². The number of nitrogens with zero attached hydrogens (tertiary/aromatic N) is 4. The molecular formula is C14H13F3N4O2. The van der Waals surface area contributed by atoms with Crippen LogP contribution in [0, 0.1) is 0 Å². The van der Waals surface area contributed by atoms with E-state index in [1.165, 1.54) is 15.9 Å². The number of rotatable bonds is 4. The maximum atomic E-state index is 12.2. The van der Waals surface area contributed by atoms with Gasteiger partial charge in [0.15, 0.2) is 5.69 Å². The van der Waals surface area contributed by atoms with E-state index in [2.05, 4.69) is 14.9 Å². The number of para-hydroxylation sites is 1. The molecular weight excluding hydrogens is 313 g/mol. The van der Waals surface area contributed by atoms with Crippen LogP contribution in [-0.2, 0) is 4.74 Å². The molecule has 23 heavy (non-hydrogen) atoms. The lowest BCUT2D eigenvalue weighted by Crippen LogP contribution is -2.55. The number of amides is 1. The average Bonchev–Trinajstić information content (AvgIpc) is 2.95. The molecule has 1 saturated heterocycles. The van der Waals surface area contributed by atoms with E-state index < -0.39 is 18.9 Å². The summed E-state index contributed by atoms with van der Waals surface area (Å²) in [6, 6.07) is 9.06. The van der Waals surface area contributed by atoms with Crippen LogP contribution in [0.15, 0.2) is 36.5 Å². The van der Waals surface area contributed by atoms with Gasteiger partial charge in [0.25, 0.3) is 5.91 Å². The first-order valence-electron chi connectivity index (χ1n) is 6.88.